The van der Waals surface area contributed by atoms with Gasteiger partial charge in [-0.3, -0.25) is 4.98 Å². The SMILES string of the molecule is Cc1cc(Br)nc(C[C@@H](N)COc2ccc3ncc(F)cc3c2C(=O)OCc2ccccc2)c1.Cl.Cl. The molecule has 0 bridgehead atoms. The molecular formula is C26H25BrCl2FN3O3. The van der Waals surface area contributed by atoms with Gasteiger partial charge in [-0.25, -0.2) is 14.2 Å². The molecule has 0 radical (unpaired) electrons. The van der Waals surface area contributed by atoms with Gasteiger partial charge in [-0.1, -0.05) is 30.3 Å². The van der Waals surface area contributed by atoms with E-state index in [0.717, 1.165) is 27.6 Å². The predicted octanol–water partition coefficient (Wildman–Crippen LogP) is 5.99. The lowest BCUT2D eigenvalue weighted by Gasteiger charge is -2.17. The fraction of sp³-hybridized carbons (Fsp3) is 0.192. The Kier molecular flexibility index (Phi) is 11.0. The average molecular weight is 597 g/mol. The molecule has 0 saturated carbocycles. The number of benzene rings is 2. The Bertz CT molecular complexity index is 1310. The molecule has 0 aliphatic rings. The molecule has 1 atom stereocenters. The highest BCUT2D eigenvalue weighted by molar-refractivity contribution is 9.10. The van der Waals surface area contributed by atoms with Crippen LogP contribution in [0.3, 0.4) is 0 Å². The van der Waals surface area contributed by atoms with Gasteiger partial charge in [-0.05, 0) is 64.3 Å². The van der Waals surface area contributed by atoms with Crippen molar-refractivity contribution in [2.45, 2.75) is 26.0 Å². The van der Waals surface area contributed by atoms with Crippen LogP contribution in [0.25, 0.3) is 10.9 Å². The maximum atomic E-state index is 14.0. The molecule has 2 aromatic heterocycles. The summed E-state index contributed by atoms with van der Waals surface area (Å²) in [4.78, 5) is 21.6. The molecule has 2 aromatic carbocycles. The van der Waals surface area contributed by atoms with Crippen LogP contribution in [0, 0.1) is 12.7 Å². The maximum absolute atomic E-state index is 14.0. The molecule has 190 valence electrons. The molecule has 0 fully saturated rings. The van der Waals surface area contributed by atoms with Gasteiger partial charge >= 0.3 is 5.97 Å². The van der Waals surface area contributed by atoms with Crippen molar-refractivity contribution in [1.29, 1.82) is 0 Å². The molecule has 2 N–H and O–H groups in total. The first-order valence-corrected chi connectivity index (χ1v) is 11.5. The van der Waals surface area contributed by atoms with Crippen LogP contribution in [0.15, 0.2) is 71.5 Å². The number of carbonyl (C=O) groups excluding carboxylic acids is 1. The van der Waals surface area contributed by atoms with Crippen LogP contribution >= 0.6 is 40.7 Å². The second-order valence-corrected chi connectivity index (χ2v) is 8.77. The topological polar surface area (TPSA) is 87.3 Å². The van der Waals surface area contributed by atoms with E-state index in [9.17, 15) is 9.18 Å². The molecule has 2 heterocycles. The van der Waals surface area contributed by atoms with Gasteiger partial charge < -0.3 is 15.2 Å². The summed E-state index contributed by atoms with van der Waals surface area (Å²) in [5.74, 6) is -0.934. The van der Waals surface area contributed by atoms with Crippen LogP contribution < -0.4 is 10.5 Å². The van der Waals surface area contributed by atoms with Crippen LogP contribution in [0.4, 0.5) is 4.39 Å². The third-order valence-corrected chi connectivity index (χ3v) is 5.53. The first kappa shape index (κ1) is 29.5. The zero-order valence-electron chi connectivity index (χ0n) is 19.3. The van der Waals surface area contributed by atoms with Gasteiger partial charge in [-0.15, -0.1) is 24.8 Å². The number of carbonyl (C=O) groups is 1. The van der Waals surface area contributed by atoms with Crippen molar-refractivity contribution >= 4 is 57.6 Å². The number of ether oxygens (including phenoxy) is 2. The Labute approximate surface area is 229 Å². The third-order valence-electron chi connectivity index (χ3n) is 5.13. The predicted molar refractivity (Wildman–Crippen MR) is 146 cm³/mol. The molecular weight excluding hydrogens is 572 g/mol. The van der Waals surface area contributed by atoms with Gasteiger partial charge in [-0.2, -0.15) is 0 Å². The van der Waals surface area contributed by atoms with Crippen molar-refractivity contribution < 1.29 is 18.7 Å². The number of rotatable bonds is 8. The van der Waals surface area contributed by atoms with Gasteiger partial charge in [0.15, 0.2) is 0 Å². The molecule has 0 aliphatic carbocycles. The standard InChI is InChI=1S/C26H23BrFN3O3.2ClH/c1-16-9-20(31-24(27)10-16)12-19(29)15-33-23-8-7-22-21(11-18(28)13-30-22)25(23)26(32)34-14-17-5-3-2-4-6-17;;/h2-11,13,19H,12,14-15,29H2,1H3;2*1H/t19-;;/m1../s1. The second-order valence-electron chi connectivity index (χ2n) is 7.95. The summed E-state index contributed by atoms with van der Waals surface area (Å²) >= 11 is 3.39. The Balaban J connectivity index is 0.00000228. The van der Waals surface area contributed by atoms with E-state index in [0.29, 0.717) is 17.3 Å². The van der Waals surface area contributed by atoms with E-state index in [-0.39, 0.29) is 55.4 Å². The summed E-state index contributed by atoms with van der Waals surface area (Å²) in [6.07, 6.45) is 1.59. The molecule has 0 amide bonds. The van der Waals surface area contributed by atoms with Gasteiger partial charge in [0, 0.05) is 23.5 Å². The molecule has 0 unspecified atom stereocenters. The van der Waals surface area contributed by atoms with Crippen LogP contribution in [0.2, 0.25) is 0 Å². The minimum Gasteiger partial charge on any atom is -0.491 e. The number of halogens is 4. The number of esters is 1. The van der Waals surface area contributed by atoms with Crippen molar-refractivity contribution in [3.8, 4) is 5.75 Å². The molecule has 0 aliphatic heterocycles. The fourth-order valence-electron chi connectivity index (χ4n) is 3.60. The summed E-state index contributed by atoms with van der Waals surface area (Å²) in [5, 5.41) is 0.313. The van der Waals surface area contributed by atoms with Crippen molar-refractivity contribution in [2.24, 2.45) is 5.73 Å². The van der Waals surface area contributed by atoms with Gasteiger partial charge in [0.25, 0.3) is 0 Å². The first-order valence-electron chi connectivity index (χ1n) is 10.7. The van der Waals surface area contributed by atoms with E-state index in [4.69, 9.17) is 15.2 Å². The van der Waals surface area contributed by atoms with Crippen LogP contribution in [0.5, 0.6) is 5.75 Å². The highest BCUT2D eigenvalue weighted by Crippen LogP contribution is 2.29. The van der Waals surface area contributed by atoms with E-state index in [2.05, 4.69) is 25.9 Å². The smallest absolute Gasteiger partial charge is 0.342 e. The summed E-state index contributed by atoms with van der Waals surface area (Å²) in [6.45, 7) is 2.18. The highest BCUT2D eigenvalue weighted by atomic mass is 79.9. The average Bonchev–Trinajstić information content (AvgIpc) is 2.80. The van der Waals surface area contributed by atoms with Crippen LogP contribution in [-0.2, 0) is 17.8 Å². The number of pyridine rings is 2. The van der Waals surface area contributed by atoms with Crippen LogP contribution in [-0.4, -0.2) is 28.6 Å². The number of nitrogens with zero attached hydrogens (tertiary/aromatic N) is 2. The Morgan fingerprint density at radius 1 is 1.11 bits per heavy atom. The zero-order valence-corrected chi connectivity index (χ0v) is 22.5. The molecule has 36 heavy (non-hydrogen) atoms. The Hall–Kier alpha value is -2.78. The summed E-state index contributed by atoms with van der Waals surface area (Å²) in [5.41, 5.74) is 9.59. The Morgan fingerprint density at radius 2 is 1.86 bits per heavy atom. The third kappa shape index (κ3) is 7.61. The summed E-state index contributed by atoms with van der Waals surface area (Å²) in [6, 6.07) is 17.3. The summed E-state index contributed by atoms with van der Waals surface area (Å²) < 4.78 is 26.2. The van der Waals surface area contributed by atoms with Crippen molar-refractivity contribution in [3.05, 3.63) is 99.7 Å². The Morgan fingerprint density at radius 3 is 2.58 bits per heavy atom. The van der Waals surface area contributed by atoms with Crippen molar-refractivity contribution in [2.75, 3.05) is 6.61 Å². The van der Waals surface area contributed by atoms with E-state index in [1.807, 2.05) is 49.4 Å². The van der Waals surface area contributed by atoms with Crippen molar-refractivity contribution in [3.63, 3.8) is 0 Å². The minimum atomic E-state index is -0.630. The van der Waals surface area contributed by atoms with E-state index < -0.39 is 11.8 Å². The molecule has 6 nitrogen and oxygen atoms in total. The number of nitrogens with two attached hydrogens (primary N) is 1. The highest BCUT2D eigenvalue weighted by Gasteiger charge is 2.21. The number of hydrogen-bond donors (Lipinski definition) is 1. The fourth-order valence-corrected chi connectivity index (χ4v) is 4.19. The number of aromatic nitrogens is 2. The lowest BCUT2D eigenvalue weighted by molar-refractivity contribution is 0.0470. The maximum Gasteiger partial charge on any atom is 0.342 e. The van der Waals surface area contributed by atoms with E-state index in [1.165, 1.54) is 6.07 Å². The lowest BCUT2D eigenvalue weighted by Crippen LogP contribution is -2.31. The lowest BCUT2D eigenvalue weighted by atomic mass is 10.1. The second kappa shape index (κ2) is 13.5. The molecule has 4 rings (SSSR count). The normalized spacial score (nSPS) is 11.2. The van der Waals surface area contributed by atoms with Gasteiger partial charge in [0.1, 0.15) is 34.9 Å². The molecule has 0 spiro atoms. The molecule has 4 aromatic rings. The number of hydrogen-bond acceptors (Lipinski definition) is 6. The molecule has 10 heteroatoms. The zero-order chi connectivity index (χ0) is 24.1. The van der Waals surface area contributed by atoms with Crippen LogP contribution in [0.1, 0.15) is 27.2 Å². The number of fused-ring (bicyclic) bond motifs is 1. The minimum absolute atomic E-state index is 0. The summed E-state index contributed by atoms with van der Waals surface area (Å²) in [7, 11) is 0. The monoisotopic (exact) mass is 595 g/mol. The largest absolute Gasteiger partial charge is 0.491 e. The number of aryl methyl sites for hydroxylation is 1. The van der Waals surface area contributed by atoms with Gasteiger partial charge in [0.2, 0.25) is 0 Å². The molecule has 0 saturated heterocycles. The van der Waals surface area contributed by atoms with E-state index >= 15 is 0 Å². The quantitative estimate of drug-likeness (QED) is 0.199. The van der Waals surface area contributed by atoms with Crippen molar-refractivity contribution in [1.82, 2.24) is 9.97 Å². The first-order chi connectivity index (χ1) is 16.4. The van der Waals surface area contributed by atoms with Gasteiger partial charge in [0.05, 0.1) is 11.7 Å². The van der Waals surface area contributed by atoms with E-state index in [1.54, 1.807) is 12.1 Å².